The minimum Gasteiger partial charge on any atom is -0.481 e. The number of piperidine rings is 1. The number of fused-ring (bicyclic) bond motifs is 2. The number of hydrogen-bond acceptors (Lipinski definition) is 2. The van der Waals surface area contributed by atoms with E-state index in [1.165, 1.54) is 0 Å². The molecular weight excluding hydrogens is 161 g/mol. The fourth-order valence-corrected chi connectivity index (χ4v) is 2.35. The van der Waals surface area contributed by atoms with Gasteiger partial charge < -0.3 is 5.11 Å². The molecular formula is C8H12FNO2. The smallest absolute Gasteiger partial charge is 0.306 e. The Morgan fingerprint density at radius 2 is 2.50 bits per heavy atom. The van der Waals surface area contributed by atoms with Gasteiger partial charge in [-0.1, -0.05) is 0 Å². The summed E-state index contributed by atoms with van der Waals surface area (Å²) in [5.74, 6) is -1.06. The lowest BCUT2D eigenvalue weighted by Gasteiger charge is -2.27. The maximum atomic E-state index is 13.8. The lowest BCUT2D eigenvalue weighted by atomic mass is 9.87. The average molecular weight is 173 g/mol. The lowest BCUT2D eigenvalue weighted by molar-refractivity contribution is -0.141. The van der Waals surface area contributed by atoms with Gasteiger partial charge in [-0.15, -0.1) is 0 Å². The molecule has 0 aliphatic carbocycles. The summed E-state index contributed by atoms with van der Waals surface area (Å²) in [6.45, 7) is 2.02. The first-order chi connectivity index (χ1) is 5.60. The predicted molar refractivity (Wildman–Crippen MR) is 40.6 cm³/mol. The van der Waals surface area contributed by atoms with Crippen molar-refractivity contribution in [1.82, 2.24) is 4.90 Å². The zero-order valence-electron chi connectivity index (χ0n) is 6.79. The monoisotopic (exact) mass is 173 g/mol. The number of carbonyl (C=O) groups is 1. The molecule has 0 amide bonds. The van der Waals surface area contributed by atoms with E-state index >= 15 is 0 Å². The summed E-state index contributed by atoms with van der Waals surface area (Å²) in [5.41, 5.74) is -1.44. The van der Waals surface area contributed by atoms with Crippen LogP contribution in [0.4, 0.5) is 4.39 Å². The number of carboxylic acid groups (broad SMARTS) is 1. The molecule has 2 heterocycles. The van der Waals surface area contributed by atoms with Crippen molar-refractivity contribution in [3.05, 3.63) is 0 Å². The summed E-state index contributed by atoms with van der Waals surface area (Å²) in [5, 5.41) is 8.51. The van der Waals surface area contributed by atoms with Crippen molar-refractivity contribution in [3.63, 3.8) is 0 Å². The second kappa shape index (κ2) is 2.42. The van der Waals surface area contributed by atoms with Crippen LogP contribution in [0.1, 0.15) is 12.8 Å². The number of rotatable bonds is 2. The molecule has 0 aromatic carbocycles. The Kier molecular flexibility index (Phi) is 1.61. The molecule has 2 aliphatic rings. The second-order valence-electron chi connectivity index (χ2n) is 3.83. The van der Waals surface area contributed by atoms with E-state index in [9.17, 15) is 9.18 Å². The highest BCUT2D eigenvalue weighted by Crippen LogP contribution is 2.41. The molecule has 2 bridgehead atoms. The molecule has 0 aromatic heterocycles. The predicted octanol–water partition coefficient (Wildman–Crippen LogP) is 0.505. The highest BCUT2D eigenvalue weighted by molar-refractivity contribution is 5.68. The van der Waals surface area contributed by atoms with Crippen LogP contribution in [0.3, 0.4) is 0 Å². The van der Waals surface area contributed by atoms with Crippen LogP contribution >= 0.6 is 0 Å². The van der Waals surface area contributed by atoms with Gasteiger partial charge in [0.05, 0.1) is 6.42 Å². The zero-order chi connectivity index (χ0) is 8.77. The number of hydrogen-bond donors (Lipinski definition) is 1. The summed E-state index contributed by atoms with van der Waals surface area (Å²) < 4.78 is 13.8. The molecule has 2 fully saturated rings. The van der Waals surface area contributed by atoms with Crippen LogP contribution < -0.4 is 0 Å². The summed E-state index contributed by atoms with van der Waals surface area (Å²) in [4.78, 5) is 12.4. The summed E-state index contributed by atoms with van der Waals surface area (Å²) in [6, 6.07) is 0. The first-order valence-electron chi connectivity index (χ1n) is 4.23. The van der Waals surface area contributed by atoms with Crippen LogP contribution in [-0.2, 0) is 4.79 Å². The SMILES string of the molecule is O=C(O)CC1(F)CN2CCC1C2. The largest absolute Gasteiger partial charge is 0.481 e. The van der Waals surface area contributed by atoms with Crippen LogP contribution in [0.25, 0.3) is 0 Å². The van der Waals surface area contributed by atoms with E-state index in [1.807, 2.05) is 4.90 Å². The molecule has 2 saturated heterocycles. The maximum absolute atomic E-state index is 13.8. The van der Waals surface area contributed by atoms with Crippen molar-refractivity contribution in [2.24, 2.45) is 5.92 Å². The van der Waals surface area contributed by atoms with Crippen molar-refractivity contribution >= 4 is 5.97 Å². The molecule has 4 heteroatoms. The van der Waals surface area contributed by atoms with Gasteiger partial charge in [0, 0.05) is 19.0 Å². The molecule has 0 spiro atoms. The highest BCUT2D eigenvalue weighted by Gasteiger charge is 2.51. The molecule has 0 aromatic rings. The standard InChI is InChI=1S/C8H12FNO2/c9-8(3-7(11)12)5-10-2-1-6(8)4-10/h6H,1-5H2,(H,11,12). The van der Waals surface area contributed by atoms with E-state index in [1.54, 1.807) is 0 Å². The molecule has 0 radical (unpaired) electrons. The molecule has 12 heavy (non-hydrogen) atoms. The molecule has 2 aliphatic heterocycles. The molecule has 2 rings (SSSR count). The molecule has 0 saturated carbocycles. The number of alkyl halides is 1. The molecule has 3 atom stereocenters. The van der Waals surface area contributed by atoms with Crippen molar-refractivity contribution in [1.29, 1.82) is 0 Å². The molecule has 1 N–H and O–H groups in total. The first kappa shape index (κ1) is 7.98. The topological polar surface area (TPSA) is 40.5 Å². The van der Waals surface area contributed by atoms with E-state index in [4.69, 9.17) is 5.11 Å². The van der Waals surface area contributed by atoms with Crippen molar-refractivity contribution in [2.45, 2.75) is 18.5 Å². The number of nitrogens with zero attached hydrogens (tertiary/aromatic N) is 1. The summed E-state index contributed by atoms with van der Waals surface area (Å²) in [7, 11) is 0. The van der Waals surface area contributed by atoms with Crippen LogP contribution in [0.15, 0.2) is 0 Å². The zero-order valence-corrected chi connectivity index (χ0v) is 6.79. The van der Waals surface area contributed by atoms with Gasteiger partial charge in [-0.2, -0.15) is 0 Å². The Hall–Kier alpha value is -0.640. The fourth-order valence-electron chi connectivity index (χ4n) is 2.35. The minimum absolute atomic E-state index is 0.0337. The molecule has 3 nitrogen and oxygen atoms in total. The highest BCUT2D eigenvalue weighted by atomic mass is 19.1. The van der Waals surface area contributed by atoms with Gasteiger partial charge >= 0.3 is 5.97 Å². The maximum Gasteiger partial charge on any atom is 0.306 e. The van der Waals surface area contributed by atoms with E-state index < -0.39 is 11.6 Å². The van der Waals surface area contributed by atoms with Gasteiger partial charge in [0.15, 0.2) is 0 Å². The third-order valence-corrected chi connectivity index (χ3v) is 2.94. The van der Waals surface area contributed by atoms with Gasteiger partial charge in [0.1, 0.15) is 5.67 Å². The van der Waals surface area contributed by atoms with Gasteiger partial charge in [-0.3, -0.25) is 9.69 Å². The number of carboxylic acids is 1. The second-order valence-corrected chi connectivity index (χ2v) is 3.83. The number of aliphatic carboxylic acids is 1. The Morgan fingerprint density at radius 3 is 2.92 bits per heavy atom. The van der Waals surface area contributed by atoms with Crippen LogP contribution in [-0.4, -0.2) is 41.3 Å². The number of halogens is 1. The molecule has 3 unspecified atom stereocenters. The van der Waals surface area contributed by atoms with Crippen LogP contribution in [0, 0.1) is 5.92 Å². The third kappa shape index (κ3) is 1.10. The lowest BCUT2D eigenvalue weighted by Crippen LogP contribution is -2.39. The van der Waals surface area contributed by atoms with Crippen LogP contribution in [0.5, 0.6) is 0 Å². The first-order valence-corrected chi connectivity index (χ1v) is 4.23. The van der Waals surface area contributed by atoms with Crippen molar-refractivity contribution in [2.75, 3.05) is 19.6 Å². The Labute approximate surface area is 70.2 Å². The normalized spacial score (nSPS) is 45.1. The summed E-state index contributed by atoms with van der Waals surface area (Å²) in [6.07, 6.45) is 0.498. The van der Waals surface area contributed by atoms with Crippen molar-refractivity contribution in [3.8, 4) is 0 Å². The molecule has 68 valence electrons. The van der Waals surface area contributed by atoms with E-state index in [0.29, 0.717) is 6.54 Å². The van der Waals surface area contributed by atoms with E-state index in [-0.39, 0.29) is 12.3 Å². The van der Waals surface area contributed by atoms with Crippen LogP contribution in [0.2, 0.25) is 0 Å². The Balaban J connectivity index is 2.07. The van der Waals surface area contributed by atoms with E-state index in [0.717, 1.165) is 19.5 Å². The van der Waals surface area contributed by atoms with Gasteiger partial charge in [0.25, 0.3) is 0 Å². The Bertz CT molecular complexity index is 221. The summed E-state index contributed by atoms with van der Waals surface area (Å²) >= 11 is 0. The minimum atomic E-state index is -1.44. The van der Waals surface area contributed by atoms with Gasteiger partial charge in [-0.05, 0) is 13.0 Å². The van der Waals surface area contributed by atoms with Crippen molar-refractivity contribution < 1.29 is 14.3 Å². The third-order valence-electron chi connectivity index (χ3n) is 2.94. The van der Waals surface area contributed by atoms with E-state index in [2.05, 4.69) is 0 Å². The van der Waals surface area contributed by atoms with Gasteiger partial charge in [-0.25, -0.2) is 4.39 Å². The average Bonchev–Trinajstić information content (AvgIpc) is 2.42. The van der Waals surface area contributed by atoms with Gasteiger partial charge in [0.2, 0.25) is 0 Å². The Morgan fingerprint density at radius 1 is 1.75 bits per heavy atom. The quantitative estimate of drug-likeness (QED) is 0.661. The fraction of sp³-hybridized carbons (Fsp3) is 0.875.